The van der Waals surface area contributed by atoms with Crippen LogP contribution in [0.5, 0.6) is 0 Å². The Morgan fingerprint density at radius 1 is 1.15 bits per heavy atom. The Hall–Kier alpha value is -2.44. The molecule has 0 unspecified atom stereocenters. The second kappa shape index (κ2) is 7.66. The van der Waals surface area contributed by atoms with E-state index in [1.807, 2.05) is 0 Å². The van der Waals surface area contributed by atoms with Crippen molar-refractivity contribution in [1.29, 1.82) is 0 Å². The molecule has 0 amide bonds. The summed E-state index contributed by atoms with van der Waals surface area (Å²) in [6, 6.07) is 6.51. The van der Waals surface area contributed by atoms with Gasteiger partial charge in [0.2, 0.25) is 5.43 Å². The van der Waals surface area contributed by atoms with Gasteiger partial charge in [0.25, 0.3) is 0 Å². The van der Waals surface area contributed by atoms with E-state index in [4.69, 9.17) is 27.9 Å². The van der Waals surface area contributed by atoms with E-state index < -0.39 is 23.0 Å². The predicted octanol–water partition coefficient (Wildman–Crippen LogP) is 4.81. The van der Waals surface area contributed by atoms with Gasteiger partial charge in [0, 0.05) is 34.2 Å². The zero-order valence-corrected chi connectivity index (χ0v) is 15.6. The molecule has 0 aliphatic carbocycles. The van der Waals surface area contributed by atoms with Crippen molar-refractivity contribution in [3.05, 3.63) is 79.6 Å². The molecular formula is C19H13Cl2F2NO3. The summed E-state index contributed by atoms with van der Waals surface area (Å²) in [5.41, 5.74) is -0.273. The molecular weight excluding hydrogens is 399 g/mol. The van der Waals surface area contributed by atoms with E-state index in [1.54, 1.807) is 19.1 Å². The van der Waals surface area contributed by atoms with E-state index in [2.05, 4.69) is 0 Å². The third-order valence-electron chi connectivity index (χ3n) is 3.97. The molecule has 0 fully saturated rings. The lowest BCUT2D eigenvalue weighted by molar-refractivity contribution is 0.0524. The van der Waals surface area contributed by atoms with Gasteiger partial charge in [-0.3, -0.25) is 4.79 Å². The van der Waals surface area contributed by atoms with E-state index in [9.17, 15) is 18.4 Å². The minimum atomic E-state index is -1.18. The number of ether oxygens (including phenoxy) is 1. The van der Waals surface area contributed by atoms with Gasteiger partial charge < -0.3 is 9.30 Å². The van der Waals surface area contributed by atoms with Crippen LogP contribution in [-0.2, 0) is 11.3 Å². The minimum Gasteiger partial charge on any atom is -0.462 e. The van der Waals surface area contributed by atoms with Gasteiger partial charge in [-0.25, -0.2) is 13.6 Å². The Balaban J connectivity index is 2.25. The number of esters is 1. The zero-order valence-electron chi connectivity index (χ0n) is 14.1. The number of rotatable bonds is 4. The maximum Gasteiger partial charge on any atom is 0.343 e. The van der Waals surface area contributed by atoms with Gasteiger partial charge in [0.05, 0.1) is 12.1 Å². The second-order valence-electron chi connectivity index (χ2n) is 5.74. The first-order valence-electron chi connectivity index (χ1n) is 7.95. The molecule has 2 aromatic carbocycles. The van der Waals surface area contributed by atoms with Crippen molar-refractivity contribution < 1.29 is 18.3 Å². The second-order valence-corrected chi connectivity index (χ2v) is 6.58. The molecule has 1 heterocycles. The van der Waals surface area contributed by atoms with Crippen LogP contribution in [0.15, 0.2) is 41.3 Å². The molecule has 0 N–H and O–H groups in total. The maximum absolute atomic E-state index is 13.8. The lowest BCUT2D eigenvalue weighted by atomic mass is 10.1. The summed E-state index contributed by atoms with van der Waals surface area (Å²) in [5.74, 6) is -3.14. The Kier molecular flexibility index (Phi) is 5.48. The summed E-state index contributed by atoms with van der Waals surface area (Å²) in [4.78, 5) is 24.7. The summed E-state index contributed by atoms with van der Waals surface area (Å²) in [5, 5.41) is 0.660. The van der Waals surface area contributed by atoms with Crippen molar-refractivity contribution in [2.75, 3.05) is 6.61 Å². The predicted molar refractivity (Wildman–Crippen MR) is 99.6 cm³/mol. The van der Waals surface area contributed by atoms with Crippen LogP contribution < -0.4 is 5.43 Å². The fourth-order valence-corrected chi connectivity index (χ4v) is 3.17. The smallest absolute Gasteiger partial charge is 0.343 e. The van der Waals surface area contributed by atoms with Gasteiger partial charge in [-0.05, 0) is 30.7 Å². The van der Waals surface area contributed by atoms with E-state index in [0.29, 0.717) is 15.6 Å². The molecule has 27 heavy (non-hydrogen) atoms. The first-order chi connectivity index (χ1) is 12.8. The van der Waals surface area contributed by atoms with Crippen LogP contribution in [0.1, 0.15) is 22.8 Å². The average Bonchev–Trinajstić information content (AvgIpc) is 2.61. The van der Waals surface area contributed by atoms with Gasteiger partial charge in [-0.2, -0.15) is 0 Å². The standard InChI is InChI=1S/C19H13Cl2F2NO3/c1-2-27-19(26)13-9-24(8-10-3-4-11(20)5-14(10)21)17-7-16(23)15(22)6-12(17)18(13)25/h3-7,9H,2,8H2,1H3. The van der Waals surface area contributed by atoms with Gasteiger partial charge >= 0.3 is 5.97 Å². The molecule has 0 aliphatic heterocycles. The number of pyridine rings is 1. The zero-order chi connectivity index (χ0) is 19.7. The highest BCUT2D eigenvalue weighted by atomic mass is 35.5. The van der Waals surface area contributed by atoms with Gasteiger partial charge in [0.1, 0.15) is 5.56 Å². The van der Waals surface area contributed by atoms with Gasteiger partial charge in [0.15, 0.2) is 11.6 Å². The fraction of sp³-hybridized carbons (Fsp3) is 0.158. The largest absolute Gasteiger partial charge is 0.462 e. The SMILES string of the molecule is CCOC(=O)c1cn(Cc2ccc(Cl)cc2Cl)c2cc(F)c(F)cc2c1=O. The maximum atomic E-state index is 13.8. The molecule has 0 saturated heterocycles. The van der Waals surface area contributed by atoms with Crippen LogP contribution in [-0.4, -0.2) is 17.1 Å². The molecule has 0 atom stereocenters. The number of hydrogen-bond acceptors (Lipinski definition) is 3. The van der Waals surface area contributed by atoms with Crippen LogP contribution in [0, 0.1) is 11.6 Å². The lowest BCUT2D eigenvalue weighted by Crippen LogP contribution is -2.21. The average molecular weight is 412 g/mol. The van der Waals surface area contributed by atoms with E-state index in [-0.39, 0.29) is 29.6 Å². The van der Waals surface area contributed by atoms with E-state index in [0.717, 1.165) is 12.1 Å². The number of halogens is 4. The number of fused-ring (bicyclic) bond motifs is 1. The lowest BCUT2D eigenvalue weighted by Gasteiger charge is -2.14. The third kappa shape index (κ3) is 3.82. The number of benzene rings is 2. The molecule has 0 bridgehead atoms. The quantitative estimate of drug-likeness (QED) is 0.578. The van der Waals surface area contributed by atoms with Crippen LogP contribution in [0.3, 0.4) is 0 Å². The Labute approximate surface area is 162 Å². The summed E-state index contributed by atoms with van der Waals surface area (Å²) in [6.07, 6.45) is 1.25. The third-order valence-corrected chi connectivity index (χ3v) is 4.56. The molecule has 8 heteroatoms. The summed E-state index contributed by atoms with van der Waals surface area (Å²) < 4.78 is 33.8. The number of carbonyl (C=O) groups excluding carboxylic acids is 1. The van der Waals surface area contributed by atoms with Crippen LogP contribution in [0.4, 0.5) is 8.78 Å². The summed E-state index contributed by atoms with van der Waals surface area (Å²) in [6.45, 7) is 1.77. The Morgan fingerprint density at radius 2 is 1.85 bits per heavy atom. The monoisotopic (exact) mass is 411 g/mol. The number of hydrogen-bond donors (Lipinski definition) is 0. The van der Waals surface area contributed by atoms with Crippen LogP contribution in [0.25, 0.3) is 10.9 Å². The molecule has 0 saturated carbocycles. The van der Waals surface area contributed by atoms with Crippen molar-refractivity contribution in [2.45, 2.75) is 13.5 Å². The van der Waals surface area contributed by atoms with Crippen molar-refractivity contribution >= 4 is 40.1 Å². The normalized spacial score (nSPS) is 11.0. The summed E-state index contributed by atoms with van der Waals surface area (Å²) >= 11 is 12.1. The molecule has 0 radical (unpaired) electrons. The van der Waals surface area contributed by atoms with Crippen molar-refractivity contribution in [3.8, 4) is 0 Å². The molecule has 3 rings (SSSR count). The van der Waals surface area contributed by atoms with Crippen molar-refractivity contribution in [2.24, 2.45) is 0 Å². The van der Waals surface area contributed by atoms with Crippen molar-refractivity contribution in [1.82, 2.24) is 4.57 Å². The number of aromatic nitrogens is 1. The topological polar surface area (TPSA) is 48.3 Å². The van der Waals surface area contributed by atoms with Gasteiger partial charge in [-0.1, -0.05) is 29.3 Å². The fourth-order valence-electron chi connectivity index (χ4n) is 2.70. The molecule has 140 valence electrons. The Bertz CT molecular complexity index is 1110. The minimum absolute atomic E-state index is 0.0666. The molecule has 0 aliphatic rings. The highest BCUT2D eigenvalue weighted by Crippen LogP contribution is 2.24. The van der Waals surface area contributed by atoms with E-state index in [1.165, 1.54) is 16.8 Å². The van der Waals surface area contributed by atoms with Crippen LogP contribution in [0.2, 0.25) is 10.0 Å². The van der Waals surface area contributed by atoms with Gasteiger partial charge in [-0.15, -0.1) is 0 Å². The highest BCUT2D eigenvalue weighted by molar-refractivity contribution is 6.35. The van der Waals surface area contributed by atoms with Crippen molar-refractivity contribution in [3.63, 3.8) is 0 Å². The highest BCUT2D eigenvalue weighted by Gasteiger charge is 2.19. The summed E-state index contributed by atoms with van der Waals surface area (Å²) in [7, 11) is 0. The number of nitrogens with zero attached hydrogens (tertiary/aromatic N) is 1. The molecule has 3 aromatic rings. The van der Waals surface area contributed by atoms with E-state index >= 15 is 0 Å². The van der Waals surface area contributed by atoms with Crippen LogP contribution >= 0.6 is 23.2 Å². The molecule has 1 aromatic heterocycles. The first-order valence-corrected chi connectivity index (χ1v) is 8.70. The first kappa shape index (κ1) is 19.3. The molecule has 0 spiro atoms. The Morgan fingerprint density at radius 3 is 2.52 bits per heavy atom. The molecule has 4 nitrogen and oxygen atoms in total. The number of carbonyl (C=O) groups is 1.